The van der Waals surface area contributed by atoms with Crippen LogP contribution in [0.2, 0.25) is 0 Å². The normalized spacial score (nSPS) is 12.0. The van der Waals surface area contributed by atoms with E-state index in [4.69, 9.17) is 0 Å². The maximum atomic E-state index is 14.2. The Kier molecular flexibility index (Phi) is 6.04. The minimum absolute atomic E-state index is 0.0939. The Hall–Kier alpha value is -2.27. The van der Waals surface area contributed by atoms with Crippen molar-refractivity contribution in [2.75, 3.05) is 13.2 Å². The third-order valence-electron chi connectivity index (χ3n) is 3.85. The molecule has 0 radical (unpaired) electrons. The van der Waals surface area contributed by atoms with Crippen LogP contribution in [0.15, 0.2) is 42.5 Å². The average Bonchev–Trinajstić information content (AvgIpc) is 2.59. The van der Waals surface area contributed by atoms with Crippen LogP contribution in [0, 0.1) is 24.5 Å². The Morgan fingerprint density at radius 2 is 1.79 bits per heavy atom. The SMILES string of the molecule is Cc1ccc(C(=O)N(Cc2ccccc2)C[C@@H](C)CO)c(F)c1F. The number of carbonyl (C=O) groups is 1. The van der Waals surface area contributed by atoms with Crippen LogP contribution in [0.3, 0.4) is 0 Å². The van der Waals surface area contributed by atoms with Gasteiger partial charge in [-0.25, -0.2) is 8.78 Å². The maximum Gasteiger partial charge on any atom is 0.257 e. The number of aryl methyl sites for hydroxylation is 1. The number of aliphatic hydroxyl groups is 1. The molecule has 0 fully saturated rings. The van der Waals surface area contributed by atoms with Gasteiger partial charge < -0.3 is 10.0 Å². The van der Waals surface area contributed by atoms with Crippen molar-refractivity contribution >= 4 is 5.91 Å². The van der Waals surface area contributed by atoms with Gasteiger partial charge in [-0.3, -0.25) is 4.79 Å². The highest BCUT2D eigenvalue weighted by Crippen LogP contribution is 2.19. The van der Waals surface area contributed by atoms with Crippen molar-refractivity contribution in [3.63, 3.8) is 0 Å². The predicted octanol–water partition coefficient (Wildman–Crippen LogP) is 3.54. The predicted molar refractivity (Wildman–Crippen MR) is 88.5 cm³/mol. The topological polar surface area (TPSA) is 40.5 Å². The maximum absolute atomic E-state index is 14.2. The van der Waals surface area contributed by atoms with E-state index in [1.54, 1.807) is 6.92 Å². The molecular formula is C19H21F2NO2. The van der Waals surface area contributed by atoms with Crippen LogP contribution in [0.25, 0.3) is 0 Å². The molecule has 2 aromatic rings. The first kappa shape index (κ1) is 18.1. The summed E-state index contributed by atoms with van der Waals surface area (Å²) < 4.78 is 27.9. The smallest absolute Gasteiger partial charge is 0.257 e. The van der Waals surface area contributed by atoms with Gasteiger partial charge in [0, 0.05) is 19.7 Å². The third kappa shape index (κ3) is 4.17. The second-order valence-electron chi connectivity index (χ2n) is 6.02. The summed E-state index contributed by atoms with van der Waals surface area (Å²) in [4.78, 5) is 14.2. The number of hydrogen-bond acceptors (Lipinski definition) is 2. The monoisotopic (exact) mass is 333 g/mol. The first-order chi connectivity index (χ1) is 11.4. The summed E-state index contributed by atoms with van der Waals surface area (Å²) >= 11 is 0. The van der Waals surface area contributed by atoms with Gasteiger partial charge in [-0.05, 0) is 30.0 Å². The fourth-order valence-electron chi connectivity index (χ4n) is 2.44. The van der Waals surface area contributed by atoms with Crippen molar-refractivity contribution in [2.24, 2.45) is 5.92 Å². The van der Waals surface area contributed by atoms with E-state index in [0.717, 1.165) is 5.56 Å². The lowest BCUT2D eigenvalue weighted by molar-refractivity contribution is 0.0688. The highest BCUT2D eigenvalue weighted by atomic mass is 19.2. The number of amides is 1. The van der Waals surface area contributed by atoms with E-state index < -0.39 is 17.5 Å². The van der Waals surface area contributed by atoms with E-state index in [1.165, 1.54) is 24.0 Å². The highest BCUT2D eigenvalue weighted by molar-refractivity contribution is 5.94. The highest BCUT2D eigenvalue weighted by Gasteiger charge is 2.23. The third-order valence-corrected chi connectivity index (χ3v) is 3.85. The van der Waals surface area contributed by atoms with Crippen LogP contribution in [-0.2, 0) is 6.54 Å². The van der Waals surface area contributed by atoms with Gasteiger partial charge in [-0.2, -0.15) is 0 Å². The van der Waals surface area contributed by atoms with Gasteiger partial charge in [0.1, 0.15) is 0 Å². The largest absolute Gasteiger partial charge is 0.396 e. The molecule has 0 bridgehead atoms. The van der Waals surface area contributed by atoms with E-state index in [9.17, 15) is 18.7 Å². The van der Waals surface area contributed by atoms with Gasteiger partial charge in [0.2, 0.25) is 0 Å². The lowest BCUT2D eigenvalue weighted by Gasteiger charge is -2.26. The molecule has 1 amide bonds. The van der Waals surface area contributed by atoms with Crippen molar-refractivity contribution in [1.29, 1.82) is 0 Å². The van der Waals surface area contributed by atoms with E-state index >= 15 is 0 Å². The Morgan fingerprint density at radius 3 is 2.42 bits per heavy atom. The summed E-state index contributed by atoms with van der Waals surface area (Å²) in [5, 5.41) is 9.27. The van der Waals surface area contributed by atoms with Crippen LogP contribution >= 0.6 is 0 Å². The quantitative estimate of drug-likeness (QED) is 0.878. The number of nitrogens with zero attached hydrogens (tertiary/aromatic N) is 1. The van der Waals surface area contributed by atoms with Crippen molar-refractivity contribution in [1.82, 2.24) is 4.90 Å². The zero-order valence-corrected chi connectivity index (χ0v) is 13.8. The van der Waals surface area contributed by atoms with Crippen LogP contribution in [-0.4, -0.2) is 29.1 Å². The zero-order chi connectivity index (χ0) is 17.7. The van der Waals surface area contributed by atoms with E-state index in [1.807, 2.05) is 30.3 Å². The molecule has 0 aromatic heterocycles. The molecule has 0 heterocycles. The number of rotatable bonds is 6. The molecule has 0 aliphatic carbocycles. The fraction of sp³-hybridized carbons (Fsp3) is 0.316. The minimum atomic E-state index is -1.13. The van der Waals surface area contributed by atoms with Crippen LogP contribution in [0.4, 0.5) is 8.78 Å². The standard InChI is InChI=1S/C19H21F2NO2/c1-13(12-23)10-22(11-15-6-4-3-5-7-15)19(24)16-9-8-14(2)17(20)18(16)21/h3-9,13,23H,10-12H2,1-2H3/t13-/m1/s1. The van der Waals surface area contributed by atoms with Crippen LogP contribution < -0.4 is 0 Å². The molecular weight excluding hydrogens is 312 g/mol. The molecule has 1 atom stereocenters. The molecule has 2 rings (SSSR count). The number of aliphatic hydroxyl groups excluding tert-OH is 1. The summed E-state index contributed by atoms with van der Waals surface area (Å²) in [5.74, 6) is -2.89. The summed E-state index contributed by atoms with van der Waals surface area (Å²) in [6.45, 7) is 3.65. The Labute approximate surface area is 140 Å². The van der Waals surface area contributed by atoms with Gasteiger partial charge in [0.25, 0.3) is 5.91 Å². The molecule has 0 aliphatic rings. The molecule has 0 saturated carbocycles. The first-order valence-electron chi connectivity index (χ1n) is 7.82. The summed E-state index contributed by atoms with van der Waals surface area (Å²) in [5.41, 5.74) is 0.741. The van der Waals surface area contributed by atoms with E-state index in [0.29, 0.717) is 0 Å². The fourth-order valence-corrected chi connectivity index (χ4v) is 2.44. The number of carbonyl (C=O) groups excluding carboxylic acids is 1. The lowest BCUT2D eigenvalue weighted by atomic mass is 10.1. The molecule has 2 aromatic carbocycles. The van der Waals surface area contributed by atoms with Gasteiger partial charge in [-0.15, -0.1) is 0 Å². The van der Waals surface area contributed by atoms with Gasteiger partial charge in [0.15, 0.2) is 11.6 Å². The molecule has 24 heavy (non-hydrogen) atoms. The Morgan fingerprint density at radius 1 is 1.12 bits per heavy atom. The summed E-state index contributed by atoms with van der Waals surface area (Å²) in [6.07, 6.45) is 0. The summed E-state index contributed by atoms with van der Waals surface area (Å²) in [6, 6.07) is 12.0. The second kappa shape index (κ2) is 8.02. The second-order valence-corrected chi connectivity index (χ2v) is 6.02. The first-order valence-corrected chi connectivity index (χ1v) is 7.82. The zero-order valence-electron chi connectivity index (χ0n) is 13.8. The van der Waals surface area contributed by atoms with Gasteiger partial charge in [0.05, 0.1) is 5.56 Å². The molecule has 128 valence electrons. The Bertz CT molecular complexity index is 704. The molecule has 5 heteroatoms. The average molecular weight is 333 g/mol. The number of halogens is 2. The van der Waals surface area contributed by atoms with Crippen molar-refractivity contribution < 1.29 is 18.7 Å². The van der Waals surface area contributed by atoms with Crippen LogP contribution in [0.5, 0.6) is 0 Å². The Balaban J connectivity index is 2.32. The molecule has 0 spiro atoms. The minimum Gasteiger partial charge on any atom is -0.396 e. The summed E-state index contributed by atoms with van der Waals surface area (Å²) in [7, 11) is 0. The molecule has 3 nitrogen and oxygen atoms in total. The number of hydrogen-bond donors (Lipinski definition) is 1. The van der Waals surface area contributed by atoms with Gasteiger partial charge >= 0.3 is 0 Å². The molecule has 0 aliphatic heterocycles. The molecule has 1 N–H and O–H groups in total. The van der Waals surface area contributed by atoms with Crippen molar-refractivity contribution in [2.45, 2.75) is 20.4 Å². The molecule has 0 unspecified atom stereocenters. The van der Waals surface area contributed by atoms with Crippen LogP contribution in [0.1, 0.15) is 28.4 Å². The van der Waals surface area contributed by atoms with Gasteiger partial charge in [-0.1, -0.05) is 43.3 Å². The van der Waals surface area contributed by atoms with E-state index in [2.05, 4.69) is 0 Å². The lowest BCUT2D eigenvalue weighted by Crippen LogP contribution is -2.36. The van der Waals surface area contributed by atoms with E-state index in [-0.39, 0.29) is 36.7 Å². The van der Waals surface area contributed by atoms with Crippen molar-refractivity contribution in [3.05, 3.63) is 70.8 Å². The number of benzene rings is 2. The van der Waals surface area contributed by atoms with Crippen molar-refractivity contribution in [3.8, 4) is 0 Å². The molecule has 0 saturated heterocycles.